The van der Waals surface area contributed by atoms with Crippen LogP contribution in [0.25, 0.3) is 0 Å². The molecule has 1 aliphatic heterocycles. The predicted octanol–water partition coefficient (Wildman–Crippen LogP) is 0.421. The molecule has 7 nitrogen and oxygen atoms in total. The number of halogens is 1. The van der Waals surface area contributed by atoms with Gasteiger partial charge in [-0.1, -0.05) is 11.6 Å². The van der Waals surface area contributed by atoms with Gasteiger partial charge in [0.15, 0.2) is 5.56 Å². The molecular weight excluding hydrogens is 260 g/mol. The van der Waals surface area contributed by atoms with Crippen molar-refractivity contribution in [1.29, 1.82) is 0 Å². The zero-order chi connectivity index (χ0) is 13.2. The summed E-state index contributed by atoms with van der Waals surface area (Å²) in [7, 11) is 5.00. The summed E-state index contributed by atoms with van der Waals surface area (Å²) in [5.74, 6) is 0.563. The van der Waals surface area contributed by atoms with E-state index >= 15 is 0 Å². The molecule has 2 rings (SSSR count). The van der Waals surface area contributed by atoms with Crippen LogP contribution in [0.15, 0.2) is 0 Å². The number of methoxy groups -OCH3 is 2. The second-order valence-corrected chi connectivity index (χ2v) is 4.68. The first kappa shape index (κ1) is 13.3. The minimum atomic E-state index is -0.350. The van der Waals surface area contributed by atoms with Crippen molar-refractivity contribution in [1.82, 2.24) is 19.4 Å². The topological polar surface area (TPSA) is 66.4 Å². The molecule has 0 saturated carbocycles. The fourth-order valence-corrected chi connectivity index (χ4v) is 2.17. The lowest BCUT2D eigenvalue weighted by molar-refractivity contribution is 0.0245. The van der Waals surface area contributed by atoms with Gasteiger partial charge in [-0.3, -0.25) is 4.48 Å². The van der Waals surface area contributed by atoms with E-state index in [1.54, 1.807) is 0 Å². The first-order valence-corrected chi connectivity index (χ1v) is 5.96. The highest BCUT2D eigenvalue weighted by Crippen LogP contribution is 2.24. The van der Waals surface area contributed by atoms with E-state index in [1.165, 1.54) is 14.2 Å². The molecule has 0 N–H and O–H groups in total. The van der Waals surface area contributed by atoms with Crippen molar-refractivity contribution in [2.75, 3.05) is 41.0 Å². The van der Waals surface area contributed by atoms with Crippen LogP contribution in [0.1, 0.15) is 0 Å². The Morgan fingerprint density at radius 3 is 2.33 bits per heavy atom. The molecule has 2 atom stereocenters. The number of alkyl halides is 1. The largest absolute Gasteiger partial charge is 0.466 e. The zero-order valence-corrected chi connectivity index (χ0v) is 11.3. The van der Waals surface area contributed by atoms with Crippen LogP contribution in [0.4, 0.5) is 5.95 Å². The van der Waals surface area contributed by atoms with E-state index < -0.39 is 0 Å². The molecule has 18 heavy (non-hydrogen) atoms. The van der Waals surface area contributed by atoms with Crippen LogP contribution in [0.2, 0.25) is 0 Å². The number of rotatable bonds is 3. The van der Waals surface area contributed by atoms with E-state index in [0.717, 1.165) is 6.54 Å². The van der Waals surface area contributed by atoms with Gasteiger partial charge >= 0.3 is 18.0 Å². The van der Waals surface area contributed by atoms with Crippen molar-refractivity contribution in [2.24, 2.45) is 0 Å². The molecule has 1 fully saturated rings. The van der Waals surface area contributed by atoms with Gasteiger partial charge in [0.25, 0.3) is 0 Å². The Bertz CT molecular complexity index is 411. The maximum Gasteiger partial charge on any atom is 0.338 e. The summed E-state index contributed by atoms with van der Waals surface area (Å²) >= 11 is 6.03. The van der Waals surface area contributed by atoms with E-state index in [0.29, 0.717) is 23.6 Å². The Morgan fingerprint density at radius 1 is 1.22 bits per heavy atom. The summed E-state index contributed by atoms with van der Waals surface area (Å²) in [6.07, 6.45) is 0. The molecule has 0 aromatic carbocycles. The molecule has 0 bridgehead atoms. The number of hydrogen-bond donors (Lipinski definition) is 0. The summed E-state index contributed by atoms with van der Waals surface area (Å²) in [4.78, 5) is 12.5. The third-order valence-electron chi connectivity index (χ3n) is 2.86. The number of aromatic nitrogens is 3. The highest BCUT2D eigenvalue weighted by atomic mass is 35.5. The molecule has 0 amide bonds. The molecule has 0 radical (unpaired) electrons. The predicted molar refractivity (Wildman–Crippen MR) is 66.0 cm³/mol. The third kappa shape index (κ3) is 2.63. The normalized spacial score (nSPS) is 27.9. The van der Waals surface area contributed by atoms with Crippen LogP contribution >= 0.6 is 11.6 Å². The van der Waals surface area contributed by atoms with Crippen LogP contribution in [0, 0.1) is 0 Å². The molecule has 8 heteroatoms. The standard InChI is InChI=1S/C10H16ClN4O3/c1-15(4-5-18-7(11)6-15)8-12-9(16-2)14-10(13-8)17-3/h7H,4-6H2,1-3H3/q+1. The van der Waals surface area contributed by atoms with E-state index in [-0.39, 0.29) is 17.6 Å². The zero-order valence-electron chi connectivity index (χ0n) is 10.6. The van der Waals surface area contributed by atoms with Gasteiger partial charge < -0.3 is 14.2 Å². The van der Waals surface area contributed by atoms with Crippen molar-refractivity contribution in [3.8, 4) is 12.0 Å². The number of quaternary nitrogens is 1. The van der Waals surface area contributed by atoms with Crippen LogP contribution in [0.5, 0.6) is 12.0 Å². The van der Waals surface area contributed by atoms with Crippen LogP contribution in [-0.2, 0) is 4.74 Å². The van der Waals surface area contributed by atoms with Crippen molar-refractivity contribution in [2.45, 2.75) is 5.56 Å². The maximum absolute atomic E-state index is 6.03. The summed E-state index contributed by atoms with van der Waals surface area (Å²) in [5, 5.41) is 0. The van der Waals surface area contributed by atoms with E-state index in [2.05, 4.69) is 15.0 Å². The Kier molecular flexibility index (Phi) is 3.84. The van der Waals surface area contributed by atoms with Crippen molar-refractivity contribution in [3.05, 3.63) is 0 Å². The SMILES string of the molecule is COc1nc(OC)nc([N+]2(C)CCOC(Cl)C2)n1. The minimum Gasteiger partial charge on any atom is -0.466 e. The van der Waals surface area contributed by atoms with Crippen molar-refractivity contribution in [3.63, 3.8) is 0 Å². The summed E-state index contributed by atoms with van der Waals surface area (Å²) in [6, 6.07) is 0.461. The Morgan fingerprint density at radius 2 is 1.83 bits per heavy atom. The molecule has 1 aromatic heterocycles. The summed E-state index contributed by atoms with van der Waals surface area (Å²) in [6.45, 7) is 1.87. The highest BCUT2D eigenvalue weighted by Gasteiger charge is 2.36. The van der Waals surface area contributed by atoms with Gasteiger partial charge in [0.05, 0.1) is 27.9 Å². The first-order chi connectivity index (χ1) is 8.57. The van der Waals surface area contributed by atoms with Gasteiger partial charge in [0, 0.05) is 0 Å². The van der Waals surface area contributed by atoms with Gasteiger partial charge in [-0.05, 0) is 0 Å². The Hall–Kier alpha value is -1.18. The smallest absolute Gasteiger partial charge is 0.338 e. The third-order valence-corrected chi connectivity index (χ3v) is 3.12. The van der Waals surface area contributed by atoms with Gasteiger partial charge in [0.2, 0.25) is 0 Å². The lowest BCUT2D eigenvalue weighted by Gasteiger charge is -2.36. The second kappa shape index (κ2) is 5.21. The van der Waals surface area contributed by atoms with Crippen LogP contribution in [-0.4, -0.2) is 61.5 Å². The average Bonchev–Trinajstić information content (AvgIpc) is 2.37. The molecular formula is C10H16ClN4O3+. The van der Waals surface area contributed by atoms with E-state index in [4.69, 9.17) is 25.8 Å². The maximum atomic E-state index is 6.03. The van der Waals surface area contributed by atoms with Gasteiger partial charge in [-0.25, -0.2) is 0 Å². The summed E-state index contributed by atoms with van der Waals surface area (Å²) < 4.78 is 15.9. The molecule has 0 aliphatic carbocycles. The molecule has 2 heterocycles. The Labute approximate surface area is 110 Å². The molecule has 1 aliphatic rings. The number of morpholine rings is 1. The van der Waals surface area contributed by atoms with Gasteiger partial charge in [-0.2, -0.15) is 0 Å². The Balaban J connectivity index is 2.36. The lowest BCUT2D eigenvalue weighted by Crippen LogP contribution is -2.56. The number of hydrogen-bond acceptors (Lipinski definition) is 6. The van der Waals surface area contributed by atoms with Crippen LogP contribution in [0.3, 0.4) is 0 Å². The first-order valence-electron chi connectivity index (χ1n) is 5.52. The van der Waals surface area contributed by atoms with Gasteiger partial charge in [0.1, 0.15) is 13.1 Å². The molecule has 1 saturated heterocycles. The van der Waals surface area contributed by atoms with Crippen molar-refractivity contribution >= 4 is 17.5 Å². The molecule has 2 unspecified atom stereocenters. The second-order valence-electron chi connectivity index (χ2n) is 4.19. The highest BCUT2D eigenvalue weighted by molar-refractivity contribution is 6.20. The van der Waals surface area contributed by atoms with E-state index in [9.17, 15) is 0 Å². The monoisotopic (exact) mass is 275 g/mol. The number of nitrogens with zero attached hydrogens (tertiary/aromatic N) is 4. The average molecular weight is 276 g/mol. The molecule has 0 spiro atoms. The molecule has 100 valence electrons. The number of ether oxygens (including phenoxy) is 3. The van der Waals surface area contributed by atoms with Crippen LogP contribution < -0.4 is 14.0 Å². The van der Waals surface area contributed by atoms with Gasteiger partial charge in [-0.15, -0.1) is 15.0 Å². The van der Waals surface area contributed by atoms with E-state index in [1.807, 2.05) is 7.05 Å². The fourth-order valence-electron chi connectivity index (χ4n) is 1.78. The fraction of sp³-hybridized carbons (Fsp3) is 0.700. The molecule has 1 aromatic rings. The lowest BCUT2D eigenvalue weighted by atomic mass is 10.3. The quantitative estimate of drug-likeness (QED) is 0.588. The summed E-state index contributed by atoms with van der Waals surface area (Å²) in [5.41, 5.74) is -0.350. The number of likely N-dealkylation sites (N-methyl/N-ethyl adjacent to an activating group) is 1. The minimum absolute atomic E-state index is 0.230. The van der Waals surface area contributed by atoms with Crippen molar-refractivity contribution < 1.29 is 14.2 Å².